The largest absolute Gasteiger partial charge is 0.497 e. The normalized spacial score (nSPS) is 24.8. The highest BCUT2D eigenvalue weighted by Gasteiger charge is 2.28. The maximum atomic E-state index is 5.98. The Labute approximate surface area is 116 Å². The number of rotatable bonds is 2. The van der Waals surface area contributed by atoms with Crippen molar-refractivity contribution in [3.05, 3.63) is 29.8 Å². The quantitative estimate of drug-likeness (QED) is 0.889. The van der Waals surface area contributed by atoms with Crippen LogP contribution in [-0.2, 0) is 4.74 Å². The minimum Gasteiger partial charge on any atom is -0.497 e. The van der Waals surface area contributed by atoms with Gasteiger partial charge in [-0.1, -0.05) is 32.9 Å². The summed E-state index contributed by atoms with van der Waals surface area (Å²) in [5, 5.41) is 3.64. The van der Waals surface area contributed by atoms with Gasteiger partial charge in [0.2, 0.25) is 0 Å². The van der Waals surface area contributed by atoms with Crippen molar-refractivity contribution in [3.63, 3.8) is 0 Å². The van der Waals surface area contributed by atoms with E-state index in [1.54, 1.807) is 7.11 Å². The summed E-state index contributed by atoms with van der Waals surface area (Å²) in [6.45, 7) is 8.51. The van der Waals surface area contributed by atoms with Gasteiger partial charge >= 0.3 is 0 Å². The Hall–Kier alpha value is -1.06. The molecule has 1 aromatic carbocycles. The van der Waals surface area contributed by atoms with Crippen LogP contribution >= 0.6 is 0 Å². The molecule has 2 rings (SSSR count). The SMILES string of the molecule is COc1ccc(C2CNC(C(C)(C)C)CCO2)cc1. The van der Waals surface area contributed by atoms with Crippen LogP contribution in [0, 0.1) is 5.41 Å². The summed E-state index contributed by atoms with van der Waals surface area (Å²) in [6.07, 6.45) is 1.20. The number of hydrogen-bond donors (Lipinski definition) is 1. The Balaban J connectivity index is 2.02. The smallest absolute Gasteiger partial charge is 0.118 e. The van der Waals surface area contributed by atoms with Crippen molar-refractivity contribution in [2.75, 3.05) is 20.3 Å². The molecule has 2 unspecified atom stereocenters. The molecule has 0 bridgehead atoms. The average molecular weight is 263 g/mol. The Morgan fingerprint density at radius 1 is 1.21 bits per heavy atom. The van der Waals surface area contributed by atoms with E-state index in [1.165, 1.54) is 5.56 Å². The van der Waals surface area contributed by atoms with E-state index in [9.17, 15) is 0 Å². The number of benzene rings is 1. The van der Waals surface area contributed by atoms with Crippen molar-refractivity contribution in [3.8, 4) is 5.75 Å². The summed E-state index contributed by atoms with van der Waals surface area (Å²) in [5.41, 5.74) is 1.49. The topological polar surface area (TPSA) is 30.5 Å². The van der Waals surface area contributed by atoms with Gasteiger partial charge in [0.05, 0.1) is 13.2 Å². The Morgan fingerprint density at radius 3 is 2.47 bits per heavy atom. The molecular formula is C16H25NO2. The molecule has 2 atom stereocenters. The van der Waals surface area contributed by atoms with Gasteiger partial charge in [-0.05, 0) is 29.5 Å². The van der Waals surface area contributed by atoms with E-state index in [0.717, 1.165) is 25.3 Å². The summed E-state index contributed by atoms with van der Waals surface area (Å²) in [5.74, 6) is 0.887. The van der Waals surface area contributed by atoms with Crippen molar-refractivity contribution in [1.29, 1.82) is 0 Å². The van der Waals surface area contributed by atoms with Gasteiger partial charge in [-0.2, -0.15) is 0 Å². The molecular weight excluding hydrogens is 238 g/mol. The van der Waals surface area contributed by atoms with Crippen molar-refractivity contribution in [1.82, 2.24) is 5.32 Å². The summed E-state index contributed by atoms with van der Waals surface area (Å²) < 4.78 is 11.2. The molecule has 106 valence electrons. The lowest BCUT2D eigenvalue weighted by atomic mass is 9.85. The molecule has 1 aliphatic heterocycles. The summed E-state index contributed by atoms with van der Waals surface area (Å²) >= 11 is 0. The Morgan fingerprint density at radius 2 is 1.89 bits per heavy atom. The van der Waals surface area contributed by atoms with Gasteiger partial charge < -0.3 is 14.8 Å². The minimum atomic E-state index is 0.137. The molecule has 0 spiro atoms. The van der Waals surface area contributed by atoms with Gasteiger partial charge in [-0.3, -0.25) is 0 Å². The maximum absolute atomic E-state index is 5.98. The molecule has 1 fully saturated rings. The van der Waals surface area contributed by atoms with Gasteiger partial charge in [0.25, 0.3) is 0 Å². The van der Waals surface area contributed by atoms with Crippen molar-refractivity contribution in [2.24, 2.45) is 5.41 Å². The second-order valence-corrected chi connectivity index (χ2v) is 6.25. The van der Waals surface area contributed by atoms with Crippen LogP contribution in [0.3, 0.4) is 0 Å². The number of hydrogen-bond acceptors (Lipinski definition) is 3. The van der Waals surface area contributed by atoms with Crippen LogP contribution in [0.4, 0.5) is 0 Å². The third kappa shape index (κ3) is 3.71. The minimum absolute atomic E-state index is 0.137. The van der Waals surface area contributed by atoms with Crippen molar-refractivity contribution < 1.29 is 9.47 Å². The lowest BCUT2D eigenvalue weighted by Gasteiger charge is -2.30. The van der Waals surface area contributed by atoms with E-state index >= 15 is 0 Å². The maximum Gasteiger partial charge on any atom is 0.118 e. The number of ether oxygens (including phenoxy) is 2. The van der Waals surface area contributed by atoms with Crippen LogP contribution in [0.25, 0.3) is 0 Å². The Kier molecular flexibility index (Phi) is 4.48. The van der Waals surface area contributed by atoms with E-state index in [0.29, 0.717) is 6.04 Å². The summed E-state index contributed by atoms with van der Waals surface area (Å²) in [6, 6.07) is 8.66. The molecule has 1 aliphatic rings. The summed E-state index contributed by atoms with van der Waals surface area (Å²) in [4.78, 5) is 0. The van der Waals surface area contributed by atoms with Crippen molar-refractivity contribution in [2.45, 2.75) is 39.3 Å². The highest BCUT2D eigenvalue weighted by atomic mass is 16.5. The molecule has 1 heterocycles. The zero-order valence-corrected chi connectivity index (χ0v) is 12.4. The first-order valence-electron chi connectivity index (χ1n) is 6.99. The molecule has 3 heteroatoms. The van der Waals surface area contributed by atoms with Crippen LogP contribution in [0.5, 0.6) is 5.75 Å². The lowest BCUT2D eigenvalue weighted by molar-refractivity contribution is 0.0653. The molecule has 19 heavy (non-hydrogen) atoms. The highest BCUT2D eigenvalue weighted by Crippen LogP contribution is 2.27. The third-order valence-electron chi connectivity index (χ3n) is 3.81. The predicted octanol–water partition coefficient (Wildman–Crippen LogP) is 3.16. The van der Waals surface area contributed by atoms with Crippen LogP contribution in [0.1, 0.15) is 38.9 Å². The Bertz CT molecular complexity index is 394. The van der Waals surface area contributed by atoms with Crippen molar-refractivity contribution >= 4 is 0 Å². The molecule has 0 aromatic heterocycles. The molecule has 1 aromatic rings. The van der Waals surface area contributed by atoms with Crippen LogP contribution in [-0.4, -0.2) is 26.3 Å². The van der Waals surface area contributed by atoms with Crippen LogP contribution in [0.15, 0.2) is 24.3 Å². The molecule has 0 radical (unpaired) electrons. The summed E-state index contributed by atoms with van der Waals surface area (Å²) in [7, 11) is 1.69. The second-order valence-electron chi connectivity index (χ2n) is 6.25. The number of methoxy groups -OCH3 is 1. The zero-order valence-electron chi connectivity index (χ0n) is 12.4. The fourth-order valence-electron chi connectivity index (χ4n) is 2.51. The number of nitrogens with one attached hydrogen (secondary N) is 1. The molecule has 0 saturated carbocycles. The average Bonchev–Trinajstić information content (AvgIpc) is 2.64. The van der Waals surface area contributed by atoms with Gasteiger partial charge in [-0.15, -0.1) is 0 Å². The van der Waals surface area contributed by atoms with E-state index in [2.05, 4.69) is 38.2 Å². The third-order valence-corrected chi connectivity index (χ3v) is 3.81. The van der Waals surface area contributed by atoms with E-state index in [-0.39, 0.29) is 11.5 Å². The van der Waals surface area contributed by atoms with E-state index in [1.807, 2.05) is 12.1 Å². The highest BCUT2D eigenvalue weighted by molar-refractivity contribution is 5.28. The first kappa shape index (κ1) is 14.4. The van der Waals surface area contributed by atoms with Crippen LogP contribution < -0.4 is 10.1 Å². The van der Waals surface area contributed by atoms with E-state index in [4.69, 9.17) is 9.47 Å². The zero-order chi connectivity index (χ0) is 13.9. The van der Waals surface area contributed by atoms with Crippen LogP contribution in [0.2, 0.25) is 0 Å². The molecule has 1 saturated heterocycles. The molecule has 0 aliphatic carbocycles. The van der Waals surface area contributed by atoms with Gasteiger partial charge in [0.15, 0.2) is 0 Å². The molecule has 3 nitrogen and oxygen atoms in total. The fourth-order valence-corrected chi connectivity index (χ4v) is 2.51. The predicted molar refractivity (Wildman–Crippen MR) is 77.5 cm³/mol. The fraction of sp³-hybridized carbons (Fsp3) is 0.625. The standard InChI is InChI=1S/C16H25NO2/c1-16(2,3)15-9-10-19-14(11-17-15)12-5-7-13(18-4)8-6-12/h5-8,14-15,17H,9-11H2,1-4H3. The lowest BCUT2D eigenvalue weighted by Crippen LogP contribution is -2.40. The molecule has 0 amide bonds. The van der Waals surface area contributed by atoms with Gasteiger partial charge in [0, 0.05) is 19.2 Å². The first-order valence-corrected chi connectivity index (χ1v) is 6.99. The monoisotopic (exact) mass is 263 g/mol. The van der Waals surface area contributed by atoms with E-state index < -0.39 is 0 Å². The van der Waals surface area contributed by atoms with Gasteiger partial charge in [0.1, 0.15) is 5.75 Å². The van der Waals surface area contributed by atoms with Gasteiger partial charge in [-0.25, -0.2) is 0 Å². The second kappa shape index (κ2) is 5.93. The molecule has 1 N–H and O–H groups in total. The first-order chi connectivity index (χ1) is 9.00.